The van der Waals surface area contributed by atoms with Crippen LogP contribution in [0.5, 0.6) is 5.75 Å². The number of ether oxygens (including phenoxy) is 1. The summed E-state index contributed by atoms with van der Waals surface area (Å²) < 4.78 is 18.5. The number of benzene rings is 2. The summed E-state index contributed by atoms with van der Waals surface area (Å²) in [4.78, 5) is 0. The lowest BCUT2D eigenvalue weighted by atomic mass is 10.00. The van der Waals surface area contributed by atoms with Crippen LogP contribution in [0.15, 0.2) is 48.5 Å². The predicted octanol–water partition coefficient (Wildman–Crippen LogP) is 3.29. The summed E-state index contributed by atoms with van der Waals surface area (Å²) in [5.74, 6) is 0.0443. The van der Waals surface area contributed by atoms with Crippen LogP contribution in [0.3, 0.4) is 0 Å². The molecule has 0 saturated carbocycles. The van der Waals surface area contributed by atoms with Gasteiger partial charge in [-0.1, -0.05) is 35.9 Å². The monoisotopic (exact) mass is 260 g/mol. The van der Waals surface area contributed by atoms with Crippen molar-refractivity contribution in [2.45, 2.75) is 12.8 Å². The van der Waals surface area contributed by atoms with Gasteiger partial charge in [0, 0.05) is 12.0 Å². The van der Waals surface area contributed by atoms with Crippen molar-refractivity contribution < 1.29 is 14.2 Å². The van der Waals surface area contributed by atoms with Crippen LogP contribution in [0.2, 0.25) is 0 Å². The molecule has 0 aliphatic rings. The molecule has 0 heterocycles. The van der Waals surface area contributed by atoms with E-state index in [1.165, 1.54) is 17.7 Å². The summed E-state index contributed by atoms with van der Waals surface area (Å²) in [6.07, 6.45) is 0. The molecular formula is C16H17FO2. The molecule has 100 valence electrons. The van der Waals surface area contributed by atoms with Crippen molar-refractivity contribution in [2.75, 3.05) is 13.2 Å². The van der Waals surface area contributed by atoms with Gasteiger partial charge in [-0.15, -0.1) is 0 Å². The average molecular weight is 260 g/mol. The molecule has 2 aromatic rings. The molecule has 1 unspecified atom stereocenters. The van der Waals surface area contributed by atoms with Gasteiger partial charge in [-0.25, -0.2) is 4.39 Å². The zero-order valence-electron chi connectivity index (χ0n) is 10.8. The summed E-state index contributed by atoms with van der Waals surface area (Å²) >= 11 is 0. The number of hydrogen-bond donors (Lipinski definition) is 1. The fourth-order valence-corrected chi connectivity index (χ4v) is 1.85. The third kappa shape index (κ3) is 3.80. The molecule has 0 aliphatic carbocycles. The molecule has 19 heavy (non-hydrogen) atoms. The minimum absolute atomic E-state index is 0.00161. The first-order chi connectivity index (χ1) is 9.19. The van der Waals surface area contributed by atoms with Gasteiger partial charge >= 0.3 is 0 Å². The lowest BCUT2D eigenvalue weighted by molar-refractivity contribution is 0.204. The zero-order valence-corrected chi connectivity index (χ0v) is 10.8. The van der Waals surface area contributed by atoms with E-state index in [0.29, 0.717) is 12.4 Å². The van der Waals surface area contributed by atoms with E-state index in [1.54, 1.807) is 12.1 Å². The first-order valence-electron chi connectivity index (χ1n) is 6.25. The largest absolute Gasteiger partial charge is 0.493 e. The number of hydrogen-bond acceptors (Lipinski definition) is 2. The Morgan fingerprint density at radius 2 is 1.89 bits per heavy atom. The fraction of sp³-hybridized carbons (Fsp3) is 0.250. The molecule has 0 amide bonds. The highest BCUT2D eigenvalue weighted by Gasteiger charge is 2.11. The molecule has 0 aliphatic heterocycles. The second kappa shape index (κ2) is 6.34. The van der Waals surface area contributed by atoms with Crippen molar-refractivity contribution in [3.05, 3.63) is 65.5 Å². The summed E-state index contributed by atoms with van der Waals surface area (Å²) in [5.41, 5.74) is 2.19. The van der Waals surface area contributed by atoms with E-state index < -0.39 is 0 Å². The topological polar surface area (TPSA) is 29.5 Å². The van der Waals surface area contributed by atoms with Crippen LogP contribution >= 0.6 is 0 Å². The van der Waals surface area contributed by atoms with E-state index in [2.05, 4.69) is 0 Å². The Morgan fingerprint density at radius 3 is 2.53 bits per heavy atom. The predicted molar refractivity (Wildman–Crippen MR) is 72.9 cm³/mol. The number of aliphatic hydroxyl groups excluding tert-OH is 1. The van der Waals surface area contributed by atoms with Gasteiger partial charge in [0.2, 0.25) is 0 Å². The zero-order chi connectivity index (χ0) is 13.7. The van der Waals surface area contributed by atoms with E-state index in [9.17, 15) is 9.50 Å². The molecule has 0 aromatic heterocycles. The number of halogens is 1. The maximum absolute atomic E-state index is 13.0. The van der Waals surface area contributed by atoms with Gasteiger partial charge in [0.15, 0.2) is 0 Å². The highest BCUT2D eigenvalue weighted by Crippen LogP contribution is 2.19. The molecule has 0 bridgehead atoms. The van der Waals surface area contributed by atoms with Crippen molar-refractivity contribution in [2.24, 2.45) is 0 Å². The molecule has 0 spiro atoms. The van der Waals surface area contributed by atoms with E-state index in [1.807, 2.05) is 31.2 Å². The van der Waals surface area contributed by atoms with Crippen LogP contribution in [-0.4, -0.2) is 18.3 Å². The van der Waals surface area contributed by atoms with Crippen LogP contribution in [0.25, 0.3) is 0 Å². The van der Waals surface area contributed by atoms with Gasteiger partial charge in [0.05, 0.1) is 13.2 Å². The molecule has 0 radical (unpaired) electrons. The van der Waals surface area contributed by atoms with Crippen LogP contribution in [0, 0.1) is 12.7 Å². The minimum Gasteiger partial charge on any atom is -0.493 e. The molecule has 1 atom stereocenters. The maximum Gasteiger partial charge on any atom is 0.126 e. The van der Waals surface area contributed by atoms with Crippen molar-refractivity contribution in [1.82, 2.24) is 0 Å². The second-order valence-electron chi connectivity index (χ2n) is 4.56. The molecule has 2 aromatic carbocycles. The van der Waals surface area contributed by atoms with Crippen LogP contribution in [0.4, 0.5) is 4.39 Å². The van der Waals surface area contributed by atoms with Crippen molar-refractivity contribution in [3.8, 4) is 5.75 Å². The highest BCUT2D eigenvalue weighted by atomic mass is 19.1. The SMILES string of the molecule is Cc1ccc(C(CO)COc2cccc(F)c2)cc1. The standard InChI is InChI=1S/C16H17FO2/c1-12-5-7-13(8-6-12)14(10-18)11-19-16-4-2-3-15(17)9-16/h2-9,14,18H,10-11H2,1H3. The molecule has 0 saturated heterocycles. The maximum atomic E-state index is 13.0. The molecule has 3 heteroatoms. The van der Waals surface area contributed by atoms with Gasteiger partial charge < -0.3 is 9.84 Å². The van der Waals surface area contributed by atoms with Crippen LogP contribution in [0.1, 0.15) is 17.0 Å². The summed E-state index contributed by atoms with van der Waals surface area (Å²) in [7, 11) is 0. The molecule has 0 fully saturated rings. The number of aryl methyl sites for hydroxylation is 1. The van der Waals surface area contributed by atoms with Crippen molar-refractivity contribution in [1.29, 1.82) is 0 Å². The van der Waals surface area contributed by atoms with Crippen molar-refractivity contribution in [3.63, 3.8) is 0 Å². The van der Waals surface area contributed by atoms with Gasteiger partial charge in [0.25, 0.3) is 0 Å². The normalized spacial score (nSPS) is 12.2. The molecular weight excluding hydrogens is 243 g/mol. The van der Waals surface area contributed by atoms with E-state index in [0.717, 1.165) is 5.56 Å². The van der Waals surface area contributed by atoms with Crippen molar-refractivity contribution >= 4 is 0 Å². The Morgan fingerprint density at radius 1 is 1.16 bits per heavy atom. The van der Waals surface area contributed by atoms with Gasteiger partial charge in [0.1, 0.15) is 11.6 Å². The third-order valence-corrected chi connectivity index (χ3v) is 3.02. The highest BCUT2D eigenvalue weighted by molar-refractivity contribution is 5.26. The van der Waals surface area contributed by atoms with E-state index in [4.69, 9.17) is 4.74 Å². The number of rotatable bonds is 5. The Balaban J connectivity index is 2.01. The lowest BCUT2D eigenvalue weighted by Crippen LogP contribution is -2.14. The lowest BCUT2D eigenvalue weighted by Gasteiger charge is -2.16. The van der Waals surface area contributed by atoms with E-state index >= 15 is 0 Å². The Hall–Kier alpha value is -1.87. The van der Waals surface area contributed by atoms with Gasteiger partial charge in [-0.2, -0.15) is 0 Å². The minimum atomic E-state index is -0.326. The van der Waals surface area contributed by atoms with E-state index in [-0.39, 0.29) is 18.3 Å². The smallest absolute Gasteiger partial charge is 0.126 e. The van der Waals surface area contributed by atoms with Gasteiger partial charge in [-0.3, -0.25) is 0 Å². The average Bonchev–Trinajstić information content (AvgIpc) is 2.41. The third-order valence-electron chi connectivity index (χ3n) is 3.02. The first kappa shape index (κ1) is 13.6. The van der Waals surface area contributed by atoms with Crippen LogP contribution < -0.4 is 4.74 Å². The van der Waals surface area contributed by atoms with Crippen LogP contribution in [-0.2, 0) is 0 Å². The Bertz CT molecular complexity index is 523. The second-order valence-corrected chi connectivity index (χ2v) is 4.56. The summed E-state index contributed by atoms with van der Waals surface area (Å²) in [6.45, 7) is 2.34. The quantitative estimate of drug-likeness (QED) is 0.894. The molecule has 1 N–H and O–H groups in total. The molecule has 2 nitrogen and oxygen atoms in total. The molecule has 2 rings (SSSR count). The first-order valence-corrected chi connectivity index (χ1v) is 6.25. The number of aliphatic hydroxyl groups is 1. The Labute approximate surface area is 112 Å². The Kier molecular flexibility index (Phi) is 4.53. The summed E-state index contributed by atoms with van der Waals surface area (Å²) in [5, 5.41) is 9.43. The fourth-order valence-electron chi connectivity index (χ4n) is 1.85. The van der Waals surface area contributed by atoms with Gasteiger partial charge in [-0.05, 0) is 24.6 Å². The summed E-state index contributed by atoms with van der Waals surface area (Å²) in [6, 6.07) is 14.0.